The van der Waals surface area contributed by atoms with Gasteiger partial charge in [0.2, 0.25) is 0 Å². The summed E-state index contributed by atoms with van der Waals surface area (Å²) >= 11 is 3.49. The van der Waals surface area contributed by atoms with Crippen LogP contribution in [0.15, 0.2) is 22.8 Å². The molecule has 0 fully saturated rings. The van der Waals surface area contributed by atoms with Gasteiger partial charge in [-0.3, -0.25) is 0 Å². The molecule has 0 aliphatic rings. The van der Waals surface area contributed by atoms with E-state index in [1.807, 2.05) is 29.7 Å². The van der Waals surface area contributed by atoms with Gasteiger partial charge >= 0.3 is 0 Å². The number of imidazole rings is 1. The molecule has 13 heavy (non-hydrogen) atoms. The van der Waals surface area contributed by atoms with Crippen LogP contribution in [0.4, 0.5) is 0 Å². The Morgan fingerprint density at radius 1 is 1.62 bits per heavy atom. The lowest BCUT2D eigenvalue weighted by atomic mass is 10.3. The first-order valence-electron chi connectivity index (χ1n) is 4.06. The maximum atomic E-state index is 5.60. The fourth-order valence-electron chi connectivity index (χ4n) is 1.47. The number of rotatable bonds is 1. The molecule has 3 nitrogen and oxygen atoms in total. The number of halogens is 1. The van der Waals surface area contributed by atoms with E-state index in [-0.39, 0.29) is 0 Å². The number of fused-ring (bicyclic) bond motifs is 1. The molecule has 0 aliphatic heterocycles. The zero-order valence-corrected chi connectivity index (χ0v) is 8.87. The molecule has 0 radical (unpaired) electrons. The van der Waals surface area contributed by atoms with Gasteiger partial charge in [-0.15, -0.1) is 0 Å². The minimum atomic E-state index is 0.472. The van der Waals surface area contributed by atoms with Crippen molar-refractivity contribution in [2.45, 2.75) is 13.5 Å². The molecule has 68 valence electrons. The highest BCUT2D eigenvalue weighted by Crippen LogP contribution is 2.22. The van der Waals surface area contributed by atoms with Gasteiger partial charge in [-0.2, -0.15) is 0 Å². The van der Waals surface area contributed by atoms with Gasteiger partial charge in [-0.25, -0.2) is 4.98 Å². The van der Waals surface area contributed by atoms with Gasteiger partial charge in [0.05, 0.1) is 11.2 Å². The van der Waals surface area contributed by atoms with E-state index in [2.05, 4.69) is 20.9 Å². The van der Waals surface area contributed by atoms with Crippen LogP contribution in [0.25, 0.3) is 5.52 Å². The average Bonchev–Trinajstić information content (AvgIpc) is 2.45. The number of nitrogens with two attached hydrogens (primary N) is 1. The van der Waals surface area contributed by atoms with Crippen molar-refractivity contribution in [1.82, 2.24) is 9.38 Å². The zero-order chi connectivity index (χ0) is 9.42. The van der Waals surface area contributed by atoms with Crippen LogP contribution >= 0.6 is 15.9 Å². The molecule has 2 aromatic rings. The van der Waals surface area contributed by atoms with Crippen molar-refractivity contribution >= 4 is 21.4 Å². The average molecular weight is 240 g/mol. The van der Waals surface area contributed by atoms with Crippen LogP contribution < -0.4 is 5.73 Å². The van der Waals surface area contributed by atoms with E-state index in [0.29, 0.717) is 6.54 Å². The Balaban J connectivity index is 2.89. The number of nitrogens with zero attached hydrogens (tertiary/aromatic N) is 2. The van der Waals surface area contributed by atoms with E-state index < -0.39 is 0 Å². The molecule has 0 unspecified atom stereocenters. The summed E-state index contributed by atoms with van der Waals surface area (Å²) in [5, 5.41) is 0. The highest BCUT2D eigenvalue weighted by atomic mass is 79.9. The van der Waals surface area contributed by atoms with E-state index in [0.717, 1.165) is 21.5 Å². The number of aryl methyl sites for hydroxylation is 1. The Morgan fingerprint density at radius 2 is 2.38 bits per heavy atom. The zero-order valence-electron chi connectivity index (χ0n) is 7.29. The third-order valence-electron chi connectivity index (χ3n) is 2.06. The topological polar surface area (TPSA) is 43.3 Å². The van der Waals surface area contributed by atoms with Crippen LogP contribution in [-0.4, -0.2) is 9.38 Å². The Labute approximate surface area is 84.7 Å². The SMILES string of the molecule is Cc1nc(CN)c2c(Br)cccn12. The van der Waals surface area contributed by atoms with Crippen molar-refractivity contribution in [1.29, 1.82) is 0 Å². The minimum Gasteiger partial charge on any atom is -0.325 e. The number of hydrogen-bond donors (Lipinski definition) is 1. The molecule has 0 spiro atoms. The Hall–Kier alpha value is -0.870. The summed E-state index contributed by atoms with van der Waals surface area (Å²) in [4.78, 5) is 4.38. The minimum absolute atomic E-state index is 0.472. The molecule has 0 amide bonds. The maximum absolute atomic E-state index is 5.60. The van der Waals surface area contributed by atoms with Crippen molar-refractivity contribution in [3.63, 3.8) is 0 Å². The summed E-state index contributed by atoms with van der Waals surface area (Å²) in [5.41, 5.74) is 7.61. The normalized spacial score (nSPS) is 11.0. The second kappa shape index (κ2) is 3.12. The van der Waals surface area contributed by atoms with Crippen LogP contribution in [-0.2, 0) is 6.54 Å². The van der Waals surface area contributed by atoms with Gasteiger partial charge in [-0.1, -0.05) is 0 Å². The smallest absolute Gasteiger partial charge is 0.110 e. The van der Waals surface area contributed by atoms with Gasteiger partial charge in [0.15, 0.2) is 0 Å². The lowest BCUT2D eigenvalue weighted by molar-refractivity contribution is 0.991. The van der Waals surface area contributed by atoms with Crippen LogP contribution in [0, 0.1) is 6.92 Å². The molecule has 0 atom stereocenters. The van der Waals surface area contributed by atoms with E-state index in [1.54, 1.807) is 0 Å². The summed E-state index contributed by atoms with van der Waals surface area (Å²) in [6, 6.07) is 3.97. The van der Waals surface area contributed by atoms with Gasteiger partial charge in [0.25, 0.3) is 0 Å². The molecule has 2 aromatic heterocycles. The maximum Gasteiger partial charge on any atom is 0.110 e. The van der Waals surface area contributed by atoms with Gasteiger partial charge in [0.1, 0.15) is 5.82 Å². The molecule has 0 saturated carbocycles. The highest BCUT2D eigenvalue weighted by molar-refractivity contribution is 9.10. The third-order valence-corrected chi connectivity index (χ3v) is 2.70. The first-order valence-corrected chi connectivity index (χ1v) is 4.85. The number of aromatic nitrogens is 2. The van der Waals surface area contributed by atoms with Gasteiger partial charge < -0.3 is 10.1 Å². The molecule has 0 aliphatic carbocycles. The Morgan fingerprint density at radius 3 is 3.08 bits per heavy atom. The molecule has 2 rings (SSSR count). The molecule has 0 bridgehead atoms. The third kappa shape index (κ3) is 1.26. The van der Waals surface area contributed by atoms with Crippen LogP contribution in [0.3, 0.4) is 0 Å². The molecule has 2 heterocycles. The van der Waals surface area contributed by atoms with E-state index in [9.17, 15) is 0 Å². The first kappa shape index (κ1) is 8.72. The van der Waals surface area contributed by atoms with Crippen LogP contribution in [0.1, 0.15) is 11.5 Å². The largest absolute Gasteiger partial charge is 0.325 e. The molecular weight excluding hydrogens is 230 g/mol. The molecule has 2 N–H and O–H groups in total. The fraction of sp³-hybridized carbons (Fsp3) is 0.222. The predicted molar refractivity (Wildman–Crippen MR) is 55.5 cm³/mol. The van der Waals surface area contributed by atoms with Crippen molar-refractivity contribution in [2.24, 2.45) is 5.73 Å². The van der Waals surface area contributed by atoms with Crippen molar-refractivity contribution in [3.8, 4) is 0 Å². The highest BCUT2D eigenvalue weighted by Gasteiger charge is 2.08. The summed E-state index contributed by atoms with van der Waals surface area (Å²) in [6.45, 7) is 2.44. The van der Waals surface area contributed by atoms with E-state index in [4.69, 9.17) is 5.73 Å². The summed E-state index contributed by atoms with van der Waals surface area (Å²) in [6.07, 6.45) is 1.99. The summed E-state index contributed by atoms with van der Waals surface area (Å²) in [7, 11) is 0. The van der Waals surface area contributed by atoms with Gasteiger partial charge in [-0.05, 0) is 35.0 Å². The second-order valence-corrected chi connectivity index (χ2v) is 3.74. The Kier molecular flexibility index (Phi) is 2.09. The summed E-state index contributed by atoms with van der Waals surface area (Å²) < 4.78 is 3.07. The first-order chi connectivity index (χ1) is 6.24. The monoisotopic (exact) mass is 239 g/mol. The van der Waals surface area contributed by atoms with E-state index >= 15 is 0 Å². The lowest BCUT2D eigenvalue weighted by Crippen LogP contribution is -1.97. The molecule has 0 saturated heterocycles. The van der Waals surface area contributed by atoms with Gasteiger partial charge in [0, 0.05) is 17.2 Å². The van der Waals surface area contributed by atoms with Crippen LogP contribution in [0.5, 0.6) is 0 Å². The number of pyridine rings is 1. The molecule has 0 aromatic carbocycles. The molecule has 4 heteroatoms. The molecular formula is C9H10BrN3. The van der Waals surface area contributed by atoms with E-state index in [1.165, 1.54) is 0 Å². The quantitative estimate of drug-likeness (QED) is 0.826. The van der Waals surface area contributed by atoms with Crippen molar-refractivity contribution < 1.29 is 0 Å². The second-order valence-electron chi connectivity index (χ2n) is 2.88. The van der Waals surface area contributed by atoms with Crippen LogP contribution in [0.2, 0.25) is 0 Å². The summed E-state index contributed by atoms with van der Waals surface area (Å²) in [5.74, 6) is 0.969. The number of hydrogen-bond acceptors (Lipinski definition) is 2. The fourth-order valence-corrected chi connectivity index (χ4v) is 2.05. The van der Waals surface area contributed by atoms with Crippen molar-refractivity contribution in [2.75, 3.05) is 0 Å². The van der Waals surface area contributed by atoms with Crippen molar-refractivity contribution in [3.05, 3.63) is 34.3 Å². The lowest BCUT2D eigenvalue weighted by Gasteiger charge is -1.98. The standard InChI is InChI=1S/C9H10BrN3/c1-6-12-8(5-11)9-7(10)3-2-4-13(6)9/h2-4H,5,11H2,1H3. The predicted octanol–water partition coefficient (Wildman–Crippen LogP) is 1.86. The Bertz CT molecular complexity index is 447.